The highest BCUT2D eigenvalue weighted by molar-refractivity contribution is 5.83. The molecule has 0 aromatic carbocycles. The fourth-order valence-corrected chi connectivity index (χ4v) is 5.58. The van der Waals surface area contributed by atoms with Crippen molar-refractivity contribution >= 4 is 17.8 Å². The normalized spacial score (nSPS) is 13.1. The van der Waals surface area contributed by atoms with Gasteiger partial charge in [-0.25, -0.2) is 0 Å². The number of aliphatic imine (C=N–C) groups is 1. The molecule has 1 aliphatic heterocycles. The predicted molar refractivity (Wildman–Crippen MR) is 168 cm³/mol. The van der Waals surface area contributed by atoms with Gasteiger partial charge in [0.15, 0.2) is 0 Å². The van der Waals surface area contributed by atoms with Crippen molar-refractivity contribution < 1.29 is 19.4 Å². The summed E-state index contributed by atoms with van der Waals surface area (Å²) >= 11 is 0. The van der Waals surface area contributed by atoms with E-state index in [1.807, 2.05) is 0 Å². The second-order valence-corrected chi connectivity index (χ2v) is 11.9. The maximum atomic E-state index is 11.8. The Morgan fingerprint density at radius 3 is 1.77 bits per heavy atom. The first-order valence-electron chi connectivity index (χ1n) is 17.3. The Kier molecular flexibility index (Phi) is 25.1. The number of hydrogen-bond donors (Lipinski definition) is 1. The molecular weight excluding hydrogens is 500 g/mol. The molecule has 40 heavy (non-hydrogen) atoms. The average Bonchev–Trinajstić information content (AvgIpc) is 3.39. The first-order chi connectivity index (χ1) is 19.6. The van der Waals surface area contributed by atoms with Gasteiger partial charge in [-0.05, 0) is 32.1 Å². The van der Waals surface area contributed by atoms with Crippen molar-refractivity contribution in [2.75, 3.05) is 26.2 Å². The molecule has 0 amide bonds. The Hall–Kier alpha value is -1.59. The third-order valence-corrected chi connectivity index (χ3v) is 8.14. The Morgan fingerprint density at radius 2 is 1.18 bits per heavy atom. The summed E-state index contributed by atoms with van der Waals surface area (Å²) < 4.78 is 5.36. The smallest absolute Gasteiger partial charge is 0.305 e. The number of aliphatic carboxylic acids is 1. The molecule has 1 rings (SSSR count). The van der Waals surface area contributed by atoms with Crippen LogP contribution >= 0.6 is 0 Å². The lowest BCUT2D eigenvalue weighted by Crippen LogP contribution is -2.28. The molecule has 1 heterocycles. The van der Waals surface area contributed by atoms with Crippen molar-refractivity contribution in [2.24, 2.45) is 4.99 Å². The Morgan fingerprint density at radius 1 is 0.675 bits per heavy atom. The first-order valence-corrected chi connectivity index (χ1v) is 17.3. The van der Waals surface area contributed by atoms with E-state index in [1.54, 1.807) is 0 Å². The van der Waals surface area contributed by atoms with Gasteiger partial charge in [-0.15, -0.1) is 0 Å². The quantitative estimate of drug-likeness (QED) is 0.0694. The number of hydrogen-bond acceptors (Lipinski definition) is 5. The molecule has 0 aliphatic carbocycles. The summed E-state index contributed by atoms with van der Waals surface area (Å²) in [5.41, 5.74) is 0. The zero-order chi connectivity index (χ0) is 28.9. The maximum absolute atomic E-state index is 11.8. The number of carbonyl (C=O) groups is 2. The van der Waals surface area contributed by atoms with Crippen LogP contribution in [0.25, 0.3) is 0 Å². The highest BCUT2D eigenvalue weighted by Gasteiger charge is 2.15. The summed E-state index contributed by atoms with van der Waals surface area (Å²) in [6, 6.07) is 0. The van der Waals surface area contributed by atoms with Crippen LogP contribution in [-0.4, -0.2) is 54.0 Å². The number of ether oxygens (including phenoxy) is 1. The standard InChI is InChI=1S/C34H64N2O4/c1-2-3-4-5-19-24-31-40-34(39)27-22-17-13-7-6-10-14-18-23-29-36-30-28-35-32(36)25-20-15-11-8-9-12-16-21-26-33(37)38/h2-31H2,1H3,(H,37,38). The summed E-state index contributed by atoms with van der Waals surface area (Å²) in [6.07, 6.45) is 30.0. The summed E-state index contributed by atoms with van der Waals surface area (Å²) in [5, 5.41) is 8.67. The highest BCUT2D eigenvalue weighted by atomic mass is 16.5. The molecule has 6 heteroatoms. The van der Waals surface area contributed by atoms with Crippen molar-refractivity contribution in [2.45, 2.75) is 174 Å². The number of unbranched alkanes of at least 4 members (excludes halogenated alkanes) is 20. The van der Waals surface area contributed by atoms with Gasteiger partial charge in [0.2, 0.25) is 0 Å². The first kappa shape index (κ1) is 36.4. The SMILES string of the molecule is CCCCCCCCOC(=O)CCCCCCCCCCCN1CCN=C1CCCCCCCCCCC(=O)O. The van der Waals surface area contributed by atoms with E-state index in [2.05, 4.69) is 11.8 Å². The molecule has 0 fully saturated rings. The van der Waals surface area contributed by atoms with Crippen LogP contribution in [0.3, 0.4) is 0 Å². The van der Waals surface area contributed by atoms with Crippen LogP contribution in [0.15, 0.2) is 4.99 Å². The van der Waals surface area contributed by atoms with Crippen molar-refractivity contribution in [3.63, 3.8) is 0 Å². The number of carboxylic acids is 1. The third kappa shape index (κ3) is 23.1. The van der Waals surface area contributed by atoms with Gasteiger partial charge in [-0.2, -0.15) is 0 Å². The maximum Gasteiger partial charge on any atom is 0.305 e. The van der Waals surface area contributed by atoms with Crippen LogP contribution in [0.5, 0.6) is 0 Å². The van der Waals surface area contributed by atoms with E-state index in [0.29, 0.717) is 19.4 Å². The molecule has 0 unspecified atom stereocenters. The highest BCUT2D eigenvalue weighted by Crippen LogP contribution is 2.16. The summed E-state index contributed by atoms with van der Waals surface area (Å²) in [4.78, 5) is 29.6. The number of carbonyl (C=O) groups excluding carboxylic acids is 1. The van der Waals surface area contributed by atoms with Crippen LogP contribution < -0.4 is 0 Å². The van der Waals surface area contributed by atoms with E-state index in [9.17, 15) is 9.59 Å². The molecule has 0 saturated heterocycles. The van der Waals surface area contributed by atoms with Crippen molar-refractivity contribution in [1.82, 2.24) is 4.90 Å². The van der Waals surface area contributed by atoms with Gasteiger partial charge in [0.05, 0.1) is 19.0 Å². The zero-order valence-corrected chi connectivity index (χ0v) is 26.3. The largest absolute Gasteiger partial charge is 0.481 e. The van der Waals surface area contributed by atoms with Crippen LogP contribution in [0.1, 0.15) is 174 Å². The average molecular weight is 565 g/mol. The van der Waals surface area contributed by atoms with E-state index < -0.39 is 5.97 Å². The van der Waals surface area contributed by atoms with Crippen LogP contribution in [-0.2, 0) is 14.3 Å². The Balaban J connectivity index is 1.83. The molecule has 6 nitrogen and oxygen atoms in total. The van der Waals surface area contributed by atoms with Gasteiger partial charge in [0.1, 0.15) is 0 Å². The van der Waals surface area contributed by atoms with E-state index >= 15 is 0 Å². The minimum absolute atomic E-state index is 0.00180. The minimum Gasteiger partial charge on any atom is -0.481 e. The van der Waals surface area contributed by atoms with Gasteiger partial charge in [-0.1, -0.05) is 122 Å². The van der Waals surface area contributed by atoms with Gasteiger partial charge in [0.25, 0.3) is 0 Å². The van der Waals surface area contributed by atoms with Gasteiger partial charge >= 0.3 is 11.9 Å². The van der Waals surface area contributed by atoms with E-state index in [4.69, 9.17) is 14.8 Å². The lowest BCUT2D eigenvalue weighted by atomic mass is 10.1. The second kappa shape index (κ2) is 27.6. The lowest BCUT2D eigenvalue weighted by molar-refractivity contribution is -0.144. The van der Waals surface area contributed by atoms with E-state index in [-0.39, 0.29) is 5.97 Å². The van der Waals surface area contributed by atoms with Crippen LogP contribution in [0, 0.1) is 0 Å². The minimum atomic E-state index is -0.669. The zero-order valence-electron chi connectivity index (χ0n) is 26.3. The lowest BCUT2D eigenvalue weighted by Gasteiger charge is -2.20. The fourth-order valence-electron chi connectivity index (χ4n) is 5.58. The van der Waals surface area contributed by atoms with E-state index in [0.717, 1.165) is 51.6 Å². The number of amidine groups is 1. The Bertz CT molecular complexity index is 637. The Labute approximate surface area is 247 Å². The summed E-state index contributed by atoms with van der Waals surface area (Å²) in [7, 11) is 0. The third-order valence-electron chi connectivity index (χ3n) is 8.14. The van der Waals surface area contributed by atoms with Gasteiger partial charge < -0.3 is 14.7 Å². The molecule has 1 aliphatic rings. The molecule has 0 spiro atoms. The molecule has 0 aromatic rings. The van der Waals surface area contributed by atoms with Gasteiger partial charge in [0, 0.05) is 32.4 Å². The number of esters is 1. The summed E-state index contributed by atoms with van der Waals surface area (Å²) in [6.45, 7) is 6.10. The number of carboxylic acid groups (broad SMARTS) is 1. The molecular formula is C34H64N2O4. The molecule has 0 radical (unpaired) electrons. The number of rotatable bonds is 30. The van der Waals surface area contributed by atoms with Gasteiger partial charge in [-0.3, -0.25) is 14.6 Å². The van der Waals surface area contributed by atoms with Crippen molar-refractivity contribution in [3.05, 3.63) is 0 Å². The monoisotopic (exact) mass is 564 g/mol. The molecule has 0 saturated carbocycles. The summed E-state index contributed by atoms with van der Waals surface area (Å²) in [5.74, 6) is 0.676. The van der Waals surface area contributed by atoms with Crippen LogP contribution in [0.2, 0.25) is 0 Å². The molecule has 234 valence electrons. The van der Waals surface area contributed by atoms with Crippen molar-refractivity contribution in [3.8, 4) is 0 Å². The molecule has 1 N–H and O–H groups in total. The van der Waals surface area contributed by atoms with Crippen LogP contribution in [0.4, 0.5) is 0 Å². The topological polar surface area (TPSA) is 79.2 Å². The predicted octanol–water partition coefficient (Wildman–Crippen LogP) is 9.49. The fraction of sp³-hybridized carbons (Fsp3) is 0.912. The molecule has 0 atom stereocenters. The van der Waals surface area contributed by atoms with Crippen molar-refractivity contribution in [1.29, 1.82) is 0 Å². The molecule has 0 bridgehead atoms. The second-order valence-electron chi connectivity index (χ2n) is 11.9. The number of nitrogens with zero attached hydrogens (tertiary/aromatic N) is 2. The van der Waals surface area contributed by atoms with E-state index in [1.165, 1.54) is 128 Å². The molecule has 0 aromatic heterocycles.